The Morgan fingerprint density at radius 3 is 2.59 bits per heavy atom. The van der Waals surface area contributed by atoms with Gasteiger partial charge in [0.25, 0.3) is 11.8 Å². The summed E-state index contributed by atoms with van der Waals surface area (Å²) in [6, 6.07) is 2.90. The molecule has 0 aliphatic heterocycles. The van der Waals surface area contributed by atoms with E-state index in [0.717, 1.165) is 0 Å². The molecule has 3 N–H and O–H groups in total. The molecule has 0 aromatic carbocycles. The fraction of sp³-hybridized carbons (Fsp3) is 0.200. The third-order valence-electron chi connectivity index (χ3n) is 1.92. The fourth-order valence-corrected chi connectivity index (χ4v) is 1.06. The Kier molecular flexibility index (Phi) is 4.29. The molecule has 7 nitrogen and oxygen atoms in total. The summed E-state index contributed by atoms with van der Waals surface area (Å²) in [5, 5.41) is 9.27. The molecule has 0 atom stereocenters. The second-order valence-corrected chi connectivity index (χ2v) is 3.22. The van der Waals surface area contributed by atoms with Gasteiger partial charge >= 0.3 is 0 Å². The van der Waals surface area contributed by atoms with Crippen LogP contribution in [0.3, 0.4) is 0 Å². The summed E-state index contributed by atoms with van der Waals surface area (Å²) >= 11 is 0. The number of pyridine rings is 1. The normalized spacial score (nSPS) is 9.71. The average molecular weight is 237 g/mol. The number of primary amides is 1. The molecular formula is C10H11N3O4. The van der Waals surface area contributed by atoms with E-state index >= 15 is 0 Å². The Balaban J connectivity index is 2.64. The first-order valence-corrected chi connectivity index (χ1v) is 4.77. The van der Waals surface area contributed by atoms with Crippen molar-refractivity contribution in [3.05, 3.63) is 30.1 Å². The predicted octanol–water partition coefficient (Wildman–Crippen LogP) is -0.295. The summed E-state index contributed by atoms with van der Waals surface area (Å²) < 4.78 is 0. The number of nitrogens with zero attached hydrogens (tertiary/aromatic N) is 2. The number of carbonyl (C=O) groups is 3. The molecule has 0 unspecified atom stereocenters. The van der Waals surface area contributed by atoms with Crippen LogP contribution in [0.2, 0.25) is 0 Å². The standard InChI is InChI=1S/C10H11N3O4/c11-8(14)3-4-9(15)13(17)10(16)7-2-1-5-12-6-7/h1-2,5-6,17H,3-4H2,(H2,11,14). The molecule has 0 spiro atoms. The van der Waals surface area contributed by atoms with Crippen molar-refractivity contribution in [3.8, 4) is 0 Å². The van der Waals surface area contributed by atoms with Gasteiger partial charge in [0, 0.05) is 25.2 Å². The molecule has 1 aromatic rings. The van der Waals surface area contributed by atoms with Crippen LogP contribution >= 0.6 is 0 Å². The maximum absolute atomic E-state index is 11.5. The van der Waals surface area contributed by atoms with Crippen LogP contribution in [0.5, 0.6) is 0 Å². The van der Waals surface area contributed by atoms with Gasteiger partial charge in [0.1, 0.15) is 0 Å². The van der Waals surface area contributed by atoms with Crippen LogP contribution in [0, 0.1) is 0 Å². The summed E-state index contributed by atoms with van der Waals surface area (Å²) in [6.45, 7) is 0. The highest BCUT2D eigenvalue weighted by atomic mass is 16.5. The topological polar surface area (TPSA) is 114 Å². The molecule has 1 aromatic heterocycles. The van der Waals surface area contributed by atoms with E-state index in [9.17, 15) is 19.6 Å². The van der Waals surface area contributed by atoms with E-state index in [4.69, 9.17) is 5.73 Å². The van der Waals surface area contributed by atoms with Gasteiger partial charge in [-0.2, -0.15) is 5.06 Å². The summed E-state index contributed by atoms with van der Waals surface area (Å²) in [7, 11) is 0. The lowest BCUT2D eigenvalue weighted by molar-refractivity contribution is -0.154. The molecule has 0 radical (unpaired) electrons. The van der Waals surface area contributed by atoms with Gasteiger partial charge in [-0.25, -0.2) is 0 Å². The zero-order valence-corrected chi connectivity index (χ0v) is 8.87. The smallest absolute Gasteiger partial charge is 0.286 e. The molecule has 0 aliphatic rings. The fourth-order valence-electron chi connectivity index (χ4n) is 1.06. The Morgan fingerprint density at radius 1 is 1.35 bits per heavy atom. The lowest BCUT2D eigenvalue weighted by Gasteiger charge is -2.12. The molecule has 0 saturated heterocycles. The first-order chi connectivity index (χ1) is 8.02. The van der Waals surface area contributed by atoms with Crippen molar-refractivity contribution in [2.24, 2.45) is 5.73 Å². The third kappa shape index (κ3) is 3.65. The van der Waals surface area contributed by atoms with Crippen molar-refractivity contribution in [2.45, 2.75) is 12.8 Å². The van der Waals surface area contributed by atoms with Crippen molar-refractivity contribution in [2.75, 3.05) is 0 Å². The minimum Gasteiger partial charge on any atom is -0.370 e. The molecule has 0 bridgehead atoms. The predicted molar refractivity (Wildman–Crippen MR) is 55.6 cm³/mol. The summed E-state index contributed by atoms with van der Waals surface area (Å²) in [5.74, 6) is -2.47. The Bertz CT molecular complexity index is 432. The zero-order valence-electron chi connectivity index (χ0n) is 8.87. The molecule has 0 aliphatic carbocycles. The number of carbonyl (C=O) groups excluding carboxylic acids is 3. The molecule has 0 fully saturated rings. The van der Waals surface area contributed by atoms with Gasteiger partial charge < -0.3 is 5.73 Å². The molecule has 7 heteroatoms. The molecule has 0 saturated carbocycles. The maximum atomic E-state index is 11.5. The monoisotopic (exact) mass is 237 g/mol. The number of imide groups is 1. The lowest BCUT2D eigenvalue weighted by Crippen LogP contribution is -2.34. The number of rotatable bonds is 4. The zero-order chi connectivity index (χ0) is 12.8. The van der Waals surface area contributed by atoms with Crippen molar-refractivity contribution in [1.82, 2.24) is 10.0 Å². The van der Waals surface area contributed by atoms with E-state index in [1.165, 1.54) is 24.5 Å². The van der Waals surface area contributed by atoms with Crippen LogP contribution in [0.15, 0.2) is 24.5 Å². The number of amides is 3. The van der Waals surface area contributed by atoms with Crippen LogP contribution in [0.1, 0.15) is 23.2 Å². The van der Waals surface area contributed by atoms with Crippen LogP contribution in [-0.2, 0) is 9.59 Å². The Morgan fingerprint density at radius 2 is 2.06 bits per heavy atom. The van der Waals surface area contributed by atoms with E-state index in [-0.39, 0.29) is 23.5 Å². The minimum absolute atomic E-state index is 0.0417. The first-order valence-electron chi connectivity index (χ1n) is 4.77. The maximum Gasteiger partial charge on any atom is 0.286 e. The molecule has 3 amide bonds. The summed E-state index contributed by atoms with van der Waals surface area (Å²) in [4.78, 5) is 36.9. The second kappa shape index (κ2) is 5.71. The van der Waals surface area contributed by atoms with Crippen molar-refractivity contribution >= 4 is 17.7 Å². The Hall–Kier alpha value is -2.28. The van der Waals surface area contributed by atoms with E-state index in [0.29, 0.717) is 0 Å². The SMILES string of the molecule is NC(=O)CCC(=O)N(O)C(=O)c1cccnc1. The van der Waals surface area contributed by atoms with Gasteiger partial charge in [0.2, 0.25) is 5.91 Å². The van der Waals surface area contributed by atoms with E-state index in [1.54, 1.807) is 0 Å². The largest absolute Gasteiger partial charge is 0.370 e. The number of nitrogens with two attached hydrogens (primary N) is 1. The van der Waals surface area contributed by atoms with E-state index in [2.05, 4.69) is 4.98 Å². The number of hydrogen-bond acceptors (Lipinski definition) is 5. The van der Waals surface area contributed by atoms with Crippen molar-refractivity contribution < 1.29 is 19.6 Å². The van der Waals surface area contributed by atoms with Crippen LogP contribution in [0.4, 0.5) is 0 Å². The van der Waals surface area contributed by atoms with Gasteiger partial charge in [-0.05, 0) is 12.1 Å². The van der Waals surface area contributed by atoms with Crippen molar-refractivity contribution in [3.63, 3.8) is 0 Å². The lowest BCUT2D eigenvalue weighted by atomic mass is 10.2. The molecule has 90 valence electrons. The van der Waals surface area contributed by atoms with Gasteiger partial charge in [0.15, 0.2) is 0 Å². The second-order valence-electron chi connectivity index (χ2n) is 3.22. The number of aromatic nitrogens is 1. The van der Waals surface area contributed by atoms with Crippen LogP contribution in [0.25, 0.3) is 0 Å². The molecular weight excluding hydrogens is 226 g/mol. The van der Waals surface area contributed by atoms with E-state index < -0.39 is 17.7 Å². The van der Waals surface area contributed by atoms with Crippen molar-refractivity contribution in [1.29, 1.82) is 0 Å². The first kappa shape index (κ1) is 12.8. The highest BCUT2D eigenvalue weighted by molar-refractivity contribution is 6.03. The molecule has 1 rings (SSSR count). The summed E-state index contributed by atoms with van der Waals surface area (Å²) in [5.41, 5.74) is 4.91. The number of hydrogen-bond donors (Lipinski definition) is 2. The van der Waals surface area contributed by atoms with Crippen LogP contribution < -0.4 is 5.73 Å². The average Bonchev–Trinajstić information content (AvgIpc) is 2.35. The quantitative estimate of drug-likeness (QED) is 0.551. The Labute approximate surface area is 96.8 Å². The van der Waals surface area contributed by atoms with Gasteiger partial charge in [-0.1, -0.05) is 0 Å². The highest BCUT2D eigenvalue weighted by Crippen LogP contribution is 2.03. The van der Waals surface area contributed by atoms with E-state index in [1.807, 2.05) is 0 Å². The van der Waals surface area contributed by atoms with Gasteiger partial charge in [0.05, 0.1) is 5.56 Å². The van der Waals surface area contributed by atoms with Gasteiger partial charge in [-0.3, -0.25) is 24.6 Å². The third-order valence-corrected chi connectivity index (χ3v) is 1.92. The van der Waals surface area contributed by atoms with Crippen LogP contribution in [-0.4, -0.2) is 33.0 Å². The number of hydroxylamine groups is 2. The van der Waals surface area contributed by atoms with Gasteiger partial charge in [-0.15, -0.1) is 0 Å². The molecule has 17 heavy (non-hydrogen) atoms. The summed E-state index contributed by atoms with van der Waals surface area (Å²) in [6.07, 6.45) is 2.12. The minimum atomic E-state index is -0.896. The molecule has 1 heterocycles. The highest BCUT2D eigenvalue weighted by Gasteiger charge is 2.21.